The van der Waals surface area contributed by atoms with Gasteiger partial charge in [0.2, 0.25) is 11.1 Å². The number of thiazole rings is 1. The first-order chi connectivity index (χ1) is 14.5. The van der Waals surface area contributed by atoms with E-state index in [1.165, 1.54) is 34.2 Å². The summed E-state index contributed by atoms with van der Waals surface area (Å²) in [4.78, 5) is 18.5. The smallest absolute Gasteiger partial charge is 0.230 e. The van der Waals surface area contributed by atoms with Crippen LogP contribution in [-0.4, -0.2) is 31.1 Å². The lowest BCUT2D eigenvalue weighted by Gasteiger charge is -2.17. The SMILES string of the molecule is CC(=O)N(c1ccccc1)c1nc(CSc2nnnn2-c2ccc(C)c(C)c2)cs1. The molecule has 0 aliphatic rings. The van der Waals surface area contributed by atoms with Gasteiger partial charge >= 0.3 is 0 Å². The van der Waals surface area contributed by atoms with Crippen molar-refractivity contribution < 1.29 is 4.79 Å². The molecule has 0 aliphatic heterocycles. The summed E-state index contributed by atoms with van der Waals surface area (Å²) in [6, 6.07) is 15.7. The lowest BCUT2D eigenvalue weighted by Crippen LogP contribution is -2.22. The van der Waals surface area contributed by atoms with Crippen LogP contribution in [0, 0.1) is 13.8 Å². The molecule has 0 radical (unpaired) electrons. The van der Waals surface area contributed by atoms with E-state index in [0.717, 1.165) is 17.1 Å². The summed E-state index contributed by atoms with van der Waals surface area (Å²) in [6.07, 6.45) is 0. The molecule has 0 unspecified atom stereocenters. The van der Waals surface area contributed by atoms with Crippen molar-refractivity contribution in [1.29, 1.82) is 0 Å². The van der Waals surface area contributed by atoms with E-state index in [1.807, 2.05) is 41.8 Å². The summed E-state index contributed by atoms with van der Waals surface area (Å²) in [5, 5.41) is 15.4. The molecule has 2 aromatic heterocycles. The fourth-order valence-electron chi connectivity index (χ4n) is 2.90. The van der Waals surface area contributed by atoms with E-state index in [4.69, 9.17) is 0 Å². The van der Waals surface area contributed by atoms with Crippen LogP contribution >= 0.6 is 23.1 Å². The molecule has 152 valence electrons. The molecule has 2 heterocycles. The number of carbonyl (C=O) groups is 1. The lowest BCUT2D eigenvalue weighted by atomic mass is 10.1. The largest absolute Gasteiger partial charge is 0.274 e. The highest BCUT2D eigenvalue weighted by Crippen LogP contribution is 2.31. The zero-order valence-corrected chi connectivity index (χ0v) is 18.4. The molecule has 2 aromatic carbocycles. The van der Waals surface area contributed by atoms with Crippen LogP contribution < -0.4 is 4.90 Å². The second kappa shape index (κ2) is 8.76. The molecule has 0 saturated carbocycles. The molecular weight excluding hydrogens is 416 g/mol. The maximum Gasteiger partial charge on any atom is 0.230 e. The van der Waals surface area contributed by atoms with Gasteiger partial charge in [0.15, 0.2) is 5.13 Å². The number of carbonyl (C=O) groups excluding carboxylic acids is 1. The zero-order chi connectivity index (χ0) is 21.1. The highest BCUT2D eigenvalue weighted by Gasteiger charge is 2.18. The van der Waals surface area contributed by atoms with Gasteiger partial charge in [0, 0.05) is 18.1 Å². The molecule has 0 N–H and O–H groups in total. The minimum atomic E-state index is -0.0755. The van der Waals surface area contributed by atoms with Crippen molar-refractivity contribution in [2.24, 2.45) is 0 Å². The second-order valence-corrected chi connectivity index (χ2v) is 8.52. The van der Waals surface area contributed by atoms with Crippen molar-refractivity contribution in [3.05, 3.63) is 70.7 Å². The molecule has 4 aromatic rings. The Bertz CT molecular complexity index is 1170. The molecule has 9 heteroatoms. The quantitative estimate of drug-likeness (QED) is 0.407. The van der Waals surface area contributed by atoms with Crippen molar-refractivity contribution in [1.82, 2.24) is 25.2 Å². The Kier molecular flexibility index (Phi) is 5.91. The normalized spacial score (nSPS) is 10.9. The third-order valence-corrected chi connectivity index (χ3v) is 6.41. The van der Waals surface area contributed by atoms with Crippen LogP contribution in [0.5, 0.6) is 0 Å². The number of nitrogens with zero attached hydrogens (tertiary/aromatic N) is 6. The minimum absolute atomic E-state index is 0.0755. The van der Waals surface area contributed by atoms with Crippen LogP contribution in [0.4, 0.5) is 10.8 Å². The first-order valence-electron chi connectivity index (χ1n) is 9.32. The highest BCUT2D eigenvalue weighted by atomic mass is 32.2. The minimum Gasteiger partial charge on any atom is -0.274 e. The number of tetrazole rings is 1. The number of para-hydroxylation sites is 1. The van der Waals surface area contributed by atoms with Gasteiger partial charge in [-0.05, 0) is 59.7 Å². The highest BCUT2D eigenvalue weighted by molar-refractivity contribution is 7.98. The molecule has 30 heavy (non-hydrogen) atoms. The third kappa shape index (κ3) is 4.27. The van der Waals surface area contributed by atoms with Crippen LogP contribution in [-0.2, 0) is 10.5 Å². The van der Waals surface area contributed by atoms with Gasteiger partial charge in [-0.1, -0.05) is 36.0 Å². The summed E-state index contributed by atoms with van der Waals surface area (Å²) >= 11 is 2.95. The fourth-order valence-corrected chi connectivity index (χ4v) is 4.67. The summed E-state index contributed by atoms with van der Waals surface area (Å²) < 4.78 is 1.73. The van der Waals surface area contributed by atoms with Crippen molar-refractivity contribution in [2.45, 2.75) is 31.7 Å². The molecular formula is C21H20N6OS2. The molecule has 1 amide bonds. The number of hydrogen-bond donors (Lipinski definition) is 0. The van der Waals surface area contributed by atoms with Gasteiger partial charge in [-0.2, -0.15) is 4.68 Å². The van der Waals surface area contributed by atoms with Crippen molar-refractivity contribution in [3.8, 4) is 5.69 Å². The number of rotatable bonds is 6. The van der Waals surface area contributed by atoms with Crippen LogP contribution in [0.2, 0.25) is 0 Å². The van der Waals surface area contributed by atoms with Gasteiger partial charge < -0.3 is 0 Å². The number of thioether (sulfide) groups is 1. The average molecular weight is 437 g/mol. The average Bonchev–Trinajstić information content (AvgIpc) is 3.39. The molecule has 0 atom stereocenters. The standard InChI is InChI=1S/C21H20N6OS2/c1-14-9-10-19(11-15(14)2)27-21(23-24-25-27)30-13-17-12-29-20(22-17)26(16(3)28)18-7-5-4-6-8-18/h4-12H,13H2,1-3H3. The number of amides is 1. The van der Waals surface area contributed by atoms with Crippen molar-refractivity contribution in [3.63, 3.8) is 0 Å². The van der Waals surface area contributed by atoms with Crippen molar-refractivity contribution >= 4 is 39.8 Å². The number of aryl methyl sites for hydroxylation is 2. The fraction of sp³-hybridized carbons (Fsp3) is 0.190. The molecule has 0 saturated heterocycles. The van der Waals surface area contributed by atoms with Gasteiger partial charge in [-0.25, -0.2) is 4.98 Å². The predicted octanol–water partition coefficient (Wildman–Crippen LogP) is 4.71. The lowest BCUT2D eigenvalue weighted by molar-refractivity contribution is -0.115. The monoisotopic (exact) mass is 436 g/mol. The Balaban J connectivity index is 1.51. The first kappa shape index (κ1) is 20.2. The van der Waals surface area contributed by atoms with E-state index >= 15 is 0 Å². The molecule has 4 rings (SSSR count). The van der Waals surface area contributed by atoms with Gasteiger partial charge in [-0.15, -0.1) is 16.4 Å². The topological polar surface area (TPSA) is 76.8 Å². The Hall–Kier alpha value is -3.04. The maximum atomic E-state index is 12.2. The zero-order valence-electron chi connectivity index (χ0n) is 16.8. The second-order valence-electron chi connectivity index (χ2n) is 6.74. The Morgan fingerprint density at radius 3 is 2.67 bits per heavy atom. The molecule has 0 spiro atoms. The van der Waals surface area contributed by atoms with Gasteiger partial charge in [0.25, 0.3) is 0 Å². The van der Waals surface area contributed by atoms with Gasteiger partial charge in [0.05, 0.1) is 17.1 Å². The summed E-state index contributed by atoms with van der Waals surface area (Å²) in [5.74, 6) is 0.524. The summed E-state index contributed by atoms with van der Waals surface area (Å²) in [5.41, 5.74) is 5.02. The Morgan fingerprint density at radius 2 is 1.93 bits per heavy atom. The molecule has 0 bridgehead atoms. The number of aromatic nitrogens is 5. The molecule has 0 aliphatic carbocycles. The van der Waals surface area contributed by atoms with Crippen LogP contribution in [0.25, 0.3) is 5.69 Å². The van der Waals surface area contributed by atoms with Gasteiger partial charge in [-0.3, -0.25) is 9.69 Å². The van der Waals surface area contributed by atoms with Gasteiger partial charge in [0.1, 0.15) is 0 Å². The van der Waals surface area contributed by atoms with E-state index in [9.17, 15) is 4.79 Å². The van der Waals surface area contributed by atoms with E-state index in [2.05, 4.69) is 46.5 Å². The van der Waals surface area contributed by atoms with Crippen LogP contribution in [0.3, 0.4) is 0 Å². The van der Waals surface area contributed by atoms with Crippen molar-refractivity contribution in [2.75, 3.05) is 4.90 Å². The Morgan fingerprint density at radius 1 is 1.13 bits per heavy atom. The van der Waals surface area contributed by atoms with Crippen LogP contribution in [0.15, 0.2) is 59.1 Å². The first-order valence-corrected chi connectivity index (χ1v) is 11.2. The van der Waals surface area contributed by atoms with E-state index < -0.39 is 0 Å². The van der Waals surface area contributed by atoms with E-state index in [-0.39, 0.29) is 5.91 Å². The summed E-state index contributed by atoms with van der Waals surface area (Å²) in [6.45, 7) is 5.69. The number of hydrogen-bond acceptors (Lipinski definition) is 7. The van der Waals surface area contributed by atoms with Crippen LogP contribution in [0.1, 0.15) is 23.7 Å². The third-order valence-electron chi connectivity index (χ3n) is 4.59. The van der Waals surface area contributed by atoms with E-state index in [1.54, 1.807) is 16.5 Å². The maximum absolute atomic E-state index is 12.2. The predicted molar refractivity (Wildman–Crippen MR) is 120 cm³/mol. The summed E-state index contributed by atoms with van der Waals surface area (Å²) in [7, 11) is 0. The molecule has 0 fully saturated rings. The molecule has 7 nitrogen and oxygen atoms in total. The number of benzene rings is 2. The Labute approximate surface area is 182 Å². The number of anilines is 2. The van der Waals surface area contributed by atoms with E-state index in [0.29, 0.717) is 16.0 Å².